The Morgan fingerprint density at radius 3 is 3.05 bits per heavy atom. The van der Waals surface area contributed by atoms with Gasteiger partial charge in [-0.15, -0.1) is 0 Å². The molecule has 1 aromatic heterocycles. The summed E-state index contributed by atoms with van der Waals surface area (Å²) in [6, 6.07) is 7.27. The van der Waals surface area contributed by atoms with Crippen LogP contribution in [0, 0.1) is 0 Å². The van der Waals surface area contributed by atoms with Crippen molar-refractivity contribution in [3.05, 3.63) is 36.7 Å². The maximum absolute atomic E-state index is 11.8. The van der Waals surface area contributed by atoms with Gasteiger partial charge in [0.2, 0.25) is 5.91 Å². The third-order valence-corrected chi connectivity index (χ3v) is 3.52. The van der Waals surface area contributed by atoms with Crippen molar-refractivity contribution in [2.45, 2.75) is 5.16 Å². The summed E-state index contributed by atoms with van der Waals surface area (Å²) in [4.78, 5) is 16.0. The number of aromatic nitrogens is 2. The molecular weight excluding hydrogens is 262 g/mol. The monoisotopic (exact) mass is 277 g/mol. The average molecular weight is 277 g/mol. The SMILES string of the molecule is COc1cccc(NC(=O)CSc2nccn2C)c1. The van der Waals surface area contributed by atoms with Crippen LogP contribution in [0.5, 0.6) is 5.75 Å². The zero-order valence-corrected chi connectivity index (χ0v) is 11.6. The number of hydrogen-bond donors (Lipinski definition) is 1. The van der Waals surface area contributed by atoms with Crippen molar-refractivity contribution in [1.29, 1.82) is 0 Å². The minimum Gasteiger partial charge on any atom is -0.497 e. The molecule has 1 heterocycles. The number of methoxy groups -OCH3 is 1. The molecule has 0 fully saturated rings. The fourth-order valence-corrected chi connectivity index (χ4v) is 2.25. The number of ether oxygens (including phenoxy) is 1. The summed E-state index contributed by atoms with van der Waals surface area (Å²) < 4.78 is 6.98. The number of nitrogens with one attached hydrogen (secondary N) is 1. The standard InChI is InChI=1S/C13H15N3O2S/c1-16-7-6-14-13(16)19-9-12(17)15-10-4-3-5-11(8-10)18-2/h3-8H,9H2,1-2H3,(H,15,17). The third kappa shape index (κ3) is 3.75. The number of hydrogen-bond acceptors (Lipinski definition) is 4. The van der Waals surface area contributed by atoms with Crippen LogP contribution in [0.3, 0.4) is 0 Å². The topological polar surface area (TPSA) is 56.1 Å². The number of thioether (sulfide) groups is 1. The Bertz CT molecular complexity index is 569. The summed E-state index contributed by atoms with van der Waals surface area (Å²) in [6.07, 6.45) is 3.56. The van der Waals surface area contributed by atoms with Crippen molar-refractivity contribution < 1.29 is 9.53 Å². The van der Waals surface area contributed by atoms with Crippen molar-refractivity contribution in [2.75, 3.05) is 18.2 Å². The number of amides is 1. The van der Waals surface area contributed by atoms with E-state index in [1.807, 2.05) is 36.0 Å². The molecule has 0 unspecified atom stereocenters. The Morgan fingerprint density at radius 2 is 2.37 bits per heavy atom. The number of rotatable bonds is 5. The predicted molar refractivity (Wildman–Crippen MR) is 75.6 cm³/mol. The predicted octanol–water partition coefficient (Wildman–Crippen LogP) is 2.16. The van der Waals surface area contributed by atoms with Crippen LogP contribution in [0.4, 0.5) is 5.69 Å². The van der Waals surface area contributed by atoms with E-state index in [4.69, 9.17) is 4.74 Å². The lowest BCUT2D eigenvalue weighted by Gasteiger charge is -2.06. The van der Waals surface area contributed by atoms with Gasteiger partial charge in [-0.1, -0.05) is 17.8 Å². The van der Waals surface area contributed by atoms with Crippen molar-refractivity contribution in [3.8, 4) is 5.75 Å². The molecule has 0 bridgehead atoms. The molecule has 1 N–H and O–H groups in total. The minimum atomic E-state index is -0.0683. The molecular formula is C13H15N3O2S. The first-order valence-electron chi connectivity index (χ1n) is 5.73. The Labute approximate surface area is 116 Å². The van der Waals surface area contributed by atoms with Crippen LogP contribution in [0.15, 0.2) is 41.8 Å². The van der Waals surface area contributed by atoms with E-state index < -0.39 is 0 Å². The van der Waals surface area contributed by atoms with E-state index in [0.29, 0.717) is 5.75 Å². The van der Waals surface area contributed by atoms with Crippen molar-refractivity contribution in [1.82, 2.24) is 9.55 Å². The molecule has 0 atom stereocenters. The Balaban J connectivity index is 1.89. The van der Waals surface area contributed by atoms with Gasteiger partial charge in [0.1, 0.15) is 5.75 Å². The van der Waals surface area contributed by atoms with Gasteiger partial charge in [-0.2, -0.15) is 0 Å². The second kappa shape index (κ2) is 6.29. The number of imidazole rings is 1. The number of aryl methyl sites for hydroxylation is 1. The minimum absolute atomic E-state index is 0.0683. The van der Waals surface area contributed by atoms with E-state index >= 15 is 0 Å². The summed E-state index contributed by atoms with van der Waals surface area (Å²) >= 11 is 1.40. The molecule has 0 aliphatic rings. The smallest absolute Gasteiger partial charge is 0.234 e. The van der Waals surface area contributed by atoms with Gasteiger partial charge >= 0.3 is 0 Å². The lowest BCUT2D eigenvalue weighted by Crippen LogP contribution is -2.14. The van der Waals surface area contributed by atoms with Crippen LogP contribution in [-0.2, 0) is 11.8 Å². The van der Waals surface area contributed by atoms with Crippen molar-refractivity contribution in [3.63, 3.8) is 0 Å². The fraction of sp³-hybridized carbons (Fsp3) is 0.231. The molecule has 0 spiro atoms. The lowest BCUT2D eigenvalue weighted by atomic mass is 10.3. The average Bonchev–Trinajstić information content (AvgIpc) is 2.82. The molecule has 2 rings (SSSR count). The molecule has 0 aliphatic heterocycles. The van der Waals surface area contributed by atoms with E-state index in [2.05, 4.69) is 10.3 Å². The number of anilines is 1. The van der Waals surface area contributed by atoms with Crippen molar-refractivity contribution in [2.24, 2.45) is 7.05 Å². The van der Waals surface area contributed by atoms with Gasteiger partial charge in [-0.05, 0) is 12.1 Å². The molecule has 2 aromatic rings. The molecule has 0 aliphatic carbocycles. The fourth-order valence-electron chi connectivity index (χ4n) is 1.52. The summed E-state index contributed by atoms with van der Waals surface area (Å²) in [5.41, 5.74) is 0.727. The van der Waals surface area contributed by atoms with Gasteiger partial charge in [-0.3, -0.25) is 4.79 Å². The van der Waals surface area contributed by atoms with Crippen LogP contribution < -0.4 is 10.1 Å². The molecule has 19 heavy (non-hydrogen) atoms. The number of benzene rings is 1. The molecule has 0 saturated heterocycles. The van der Waals surface area contributed by atoms with Gasteiger partial charge < -0.3 is 14.6 Å². The highest BCUT2D eigenvalue weighted by atomic mass is 32.2. The van der Waals surface area contributed by atoms with Crippen LogP contribution in [-0.4, -0.2) is 28.3 Å². The van der Waals surface area contributed by atoms with Crippen molar-refractivity contribution >= 4 is 23.4 Å². The molecule has 6 heteroatoms. The summed E-state index contributed by atoms with van der Waals surface area (Å²) in [5.74, 6) is 0.970. The normalized spacial score (nSPS) is 10.2. The number of carbonyl (C=O) groups excluding carboxylic acids is 1. The van der Waals surface area contributed by atoms with Crippen LogP contribution in [0.2, 0.25) is 0 Å². The molecule has 1 aromatic carbocycles. The Hall–Kier alpha value is -1.95. The lowest BCUT2D eigenvalue weighted by molar-refractivity contribution is -0.113. The van der Waals surface area contributed by atoms with Crippen LogP contribution in [0.1, 0.15) is 0 Å². The third-order valence-electron chi connectivity index (χ3n) is 2.46. The molecule has 5 nitrogen and oxygen atoms in total. The van der Waals surface area contributed by atoms with Gasteiger partial charge in [0.05, 0.1) is 12.9 Å². The van der Waals surface area contributed by atoms with E-state index in [-0.39, 0.29) is 5.91 Å². The van der Waals surface area contributed by atoms with Gasteiger partial charge in [0.25, 0.3) is 0 Å². The summed E-state index contributed by atoms with van der Waals surface area (Å²) in [7, 11) is 3.49. The highest BCUT2D eigenvalue weighted by Crippen LogP contribution is 2.18. The highest BCUT2D eigenvalue weighted by molar-refractivity contribution is 7.99. The van der Waals surface area contributed by atoms with Gasteiger partial charge in [-0.25, -0.2) is 4.98 Å². The zero-order chi connectivity index (χ0) is 13.7. The first-order valence-corrected chi connectivity index (χ1v) is 6.71. The summed E-state index contributed by atoms with van der Waals surface area (Å²) in [6.45, 7) is 0. The maximum atomic E-state index is 11.8. The summed E-state index contributed by atoms with van der Waals surface area (Å²) in [5, 5.41) is 3.64. The first-order chi connectivity index (χ1) is 9.19. The van der Waals surface area contributed by atoms with Gasteiger partial charge in [0.15, 0.2) is 5.16 Å². The Kier molecular flexibility index (Phi) is 4.46. The van der Waals surface area contributed by atoms with E-state index in [1.54, 1.807) is 19.4 Å². The first kappa shape index (κ1) is 13.5. The van der Waals surface area contributed by atoms with E-state index in [1.165, 1.54) is 11.8 Å². The van der Waals surface area contributed by atoms with Crippen LogP contribution in [0.25, 0.3) is 0 Å². The number of carbonyl (C=O) groups is 1. The van der Waals surface area contributed by atoms with Crippen LogP contribution >= 0.6 is 11.8 Å². The highest BCUT2D eigenvalue weighted by Gasteiger charge is 2.06. The zero-order valence-electron chi connectivity index (χ0n) is 10.8. The van der Waals surface area contributed by atoms with Gasteiger partial charge in [0, 0.05) is 31.2 Å². The molecule has 1 amide bonds. The Morgan fingerprint density at radius 1 is 1.53 bits per heavy atom. The van der Waals surface area contributed by atoms with E-state index in [9.17, 15) is 4.79 Å². The second-order valence-electron chi connectivity index (χ2n) is 3.89. The second-order valence-corrected chi connectivity index (χ2v) is 4.83. The molecule has 0 radical (unpaired) electrons. The maximum Gasteiger partial charge on any atom is 0.234 e. The largest absolute Gasteiger partial charge is 0.497 e. The molecule has 100 valence electrons. The van der Waals surface area contributed by atoms with E-state index in [0.717, 1.165) is 16.6 Å². The quantitative estimate of drug-likeness (QED) is 0.851. The molecule has 0 saturated carbocycles. The number of nitrogens with zero attached hydrogens (tertiary/aromatic N) is 2.